The predicted octanol–water partition coefficient (Wildman–Crippen LogP) is 3.15. The summed E-state index contributed by atoms with van der Waals surface area (Å²) in [4.78, 5) is 20.5. The number of unbranched alkanes of at least 4 members (excludes halogenated alkanes) is 1. The SMILES string of the molecule is CCCC[C@@H](Nc1nc(Nc2cncc3c2cnn3CC)c(C(N)=O)cc1F)[C@H](C)N. The third-order valence-electron chi connectivity index (χ3n) is 5.19. The third kappa shape index (κ3) is 4.91. The summed E-state index contributed by atoms with van der Waals surface area (Å²) >= 11 is 0. The molecule has 0 spiro atoms. The lowest BCUT2D eigenvalue weighted by Crippen LogP contribution is -2.38. The molecular weight excluding hydrogens is 399 g/mol. The van der Waals surface area contributed by atoms with Crippen molar-refractivity contribution in [2.24, 2.45) is 11.5 Å². The highest BCUT2D eigenvalue weighted by atomic mass is 19.1. The number of halogens is 1. The molecule has 3 aromatic rings. The minimum Gasteiger partial charge on any atom is -0.365 e. The van der Waals surface area contributed by atoms with E-state index in [-0.39, 0.29) is 29.3 Å². The van der Waals surface area contributed by atoms with Crippen molar-refractivity contribution in [1.29, 1.82) is 0 Å². The van der Waals surface area contributed by atoms with Gasteiger partial charge in [-0.1, -0.05) is 19.8 Å². The molecule has 2 atom stereocenters. The molecule has 0 aromatic carbocycles. The van der Waals surface area contributed by atoms with Crippen molar-refractivity contribution in [3.8, 4) is 0 Å². The summed E-state index contributed by atoms with van der Waals surface area (Å²) in [5.74, 6) is -1.32. The van der Waals surface area contributed by atoms with Crippen molar-refractivity contribution in [2.75, 3.05) is 10.6 Å². The summed E-state index contributed by atoms with van der Waals surface area (Å²) in [6, 6.07) is 0.709. The van der Waals surface area contributed by atoms with Crippen LogP contribution >= 0.6 is 0 Å². The Bertz CT molecular complexity index is 1060. The van der Waals surface area contributed by atoms with Gasteiger partial charge in [0.2, 0.25) is 0 Å². The number of amides is 1. The Labute approximate surface area is 180 Å². The highest BCUT2D eigenvalue weighted by Gasteiger charge is 2.21. The Balaban J connectivity index is 2.00. The second-order valence-electron chi connectivity index (χ2n) is 7.54. The molecule has 10 heteroatoms. The number of pyridine rings is 2. The highest BCUT2D eigenvalue weighted by Crippen LogP contribution is 2.28. The van der Waals surface area contributed by atoms with Gasteiger partial charge >= 0.3 is 0 Å². The number of anilines is 3. The van der Waals surface area contributed by atoms with E-state index in [4.69, 9.17) is 11.5 Å². The number of hydrogen-bond donors (Lipinski definition) is 4. The highest BCUT2D eigenvalue weighted by molar-refractivity contribution is 6.00. The van der Waals surface area contributed by atoms with Crippen LogP contribution in [0.4, 0.5) is 21.7 Å². The molecule has 0 aliphatic carbocycles. The first-order chi connectivity index (χ1) is 14.8. The number of aromatic nitrogens is 4. The number of primary amides is 1. The normalized spacial score (nSPS) is 13.2. The van der Waals surface area contributed by atoms with Crippen molar-refractivity contribution >= 4 is 34.1 Å². The molecular formula is C21H29FN8O. The molecule has 0 saturated carbocycles. The van der Waals surface area contributed by atoms with Crippen LogP contribution < -0.4 is 22.1 Å². The second-order valence-corrected chi connectivity index (χ2v) is 7.54. The molecule has 0 fully saturated rings. The van der Waals surface area contributed by atoms with Crippen LogP contribution in [0.5, 0.6) is 0 Å². The van der Waals surface area contributed by atoms with Crippen LogP contribution in [0.15, 0.2) is 24.7 Å². The maximum absolute atomic E-state index is 14.8. The van der Waals surface area contributed by atoms with Crippen LogP contribution in [0.25, 0.3) is 10.9 Å². The molecule has 0 radical (unpaired) electrons. The van der Waals surface area contributed by atoms with Crippen LogP contribution in [0.3, 0.4) is 0 Å². The van der Waals surface area contributed by atoms with E-state index in [0.717, 1.165) is 36.2 Å². The van der Waals surface area contributed by atoms with E-state index in [0.29, 0.717) is 12.2 Å². The minimum absolute atomic E-state index is 0.00953. The van der Waals surface area contributed by atoms with Gasteiger partial charge in [0.15, 0.2) is 11.6 Å². The maximum atomic E-state index is 14.8. The molecule has 0 aliphatic heterocycles. The van der Waals surface area contributed by atoms with E-state index >= 15 is 0 Å². The smallest absolute Gasteiger partial charge is 0.252 e. The third-order valence-corrected chi connectivity index (χ3v) is 5.19. The molecule has 0 saturated heterocycles. The van der Waals surface area contributed by atoms with Gasteiger partial charge in [-0.05, 0) is 26.3 Å². The fourth-order valence-electron chi connectivity index (χ4n) is 3.41. The van der Waals surface area contributed by atoms with E-state index in [1.807, 2.05) is 13.8 Å². The number of carbonyl (C=O) groups is 1. The van der Waals surface area contributed by atoms with Gasteiger partial charge in [0, 0.05) is 24.0 Å². The standard InChI is InChI=1S/C21H29FN8O/c1-4-6-7-16(12(3)23)27-21-15(22)8-13(19(24)31)20(29-21)28-17-10-25-11-18-14(17)9-26-30(18)5-2/h8-12,16H,4-7,23H2,1-3H3,(H2,24,31)(H2,27,28,29)/t12-,16+/m0/s1. The average Bonchev–Trinajstić information content (AvgIpc) is 3.16. The summed E-state index contributed by atoms with van der Waals surface area (Å²) in [6.07, 6.45) is 7.72. The van der Waals surface area contributed by atoms with Crippen LogP contribution in [-0.2, 0) is 6.54 Å². The Morgan fingerprint density at radius 2 is 2.03 bits per heavy atom. The zero-order valence-corrected chi connectivity index (χ0v) is 18.0. The van der Waals surface area contributed by atoms with Crippen molar-refractivity contribution < 1.29 is 9.18 Å². The van der Waals surface area contributed by atoms with Crippen molar-refractivity contribution in [3.63, 3.8) is 0 Å². The molecule has 6 N–H and O–H groups in total. The van der Waals surface area contributed by atoms with Gasteiger partial charge in [0.25, 0.3) is 5.91 Å². The lowest BCUT2D eigenvalue weighted by molar-refractivity contribution is 0.100. The topological polar surface area (TPSA) is 137 Å². The lowest BCUT2D eigenvalue weighted by Gasteiger charge is -2.23. The summed E-state index contributed by atoms with van der Waals surface area (Å²) in [6.45, 7) is 6.60. The summed E-state index contributed by atoms with van der Waals surface area (Å²) in [5, 5.41) is 11.3. The summed E-state index contributed by atoms with van der Waals surface area (Å²) in [7, 11) is 0. The first kappa shape index (κ1) is 22.4. The van der Waals surface area contributed by atoms with Crippen LogP contribution in [-0.4, -0.2) is 37.7 Å². The Morgan fingerprint density at radius 1 is 1.26 bits per heavy atom. The molecule has 0 bridgehead atoms. The second kappa shape index (κ2) is 9.69. The molecule has 31 heavy (non-hydrogen) atoms. The van der Waals surface area contributed by atoms with Crippen molar-refractivity contribution in [2.45, 2.75) is 58.7 Å². The summed E-state index contributed by atoms with van der Waals surface area (Å²) in [5.41, 5.74) is 12.9. The fraction of sp³-hybridized carbons (Fsp3) is 0.429. The van der Waals surface area contributed by atoms with Gasteiger partial charge in [0.1, 0.15) is 5.82 Å². The number of carbonyl (C=O) groups excluding carboxylic acids is 1. The number of nitrogens with one attached hydrogen (secondary N) is 2. The van der Waals surface area contributed by atoms with Crippen LogP contribution in [0.2, 0.25) is 0 Å². The summed E-state index contributed by atoms with van der Waals surface area (Å²) < 4.78 is 16.6. The molecule has 3 rings (SSSR count). The van der Waals surface area contributed by atoms with Gasteiger partial charge < -0.3 is 22.1 Å². The number of fused-ring (bicyclic) bond motifs is 1. The number of nitrogens with zero attached hydrogens (tertiary/aromatic N) is 4. The first-order valence-electron chi connectivity index (χ1n) is 10.4. The average molecular weight is 429 g/mol. The Hall–Kier alpha value is -3.27. The number of rotatable bonds is 10. The van der Waals surface area contributed by atoms with Crippen LogP contribution in [0, 0.1) is 5.82 Å². The molecule has 3 heterocycles. The zero-order valence-electron chi connectivity index (χ0n) is 18.0. The fourth-order valence-corrected chi connectivity index (χ4v) is 3.41. The van der Waals surface area contributed by atoms with E-state index < -0.39 is 11.7 Å². The van der Waals surface area contributed by atoms with E-state index in [2.05, 4.69) is 32.6 Å². The zero-order chi connectivity index (χ0) is 22.5. The molecule has 1 amide bonds. The van der Waals surface area contributed by atoms with Crippen molar-refractivity contribution in [1.82, 2.24) is 19.7 Å². The number of hydrogen-bond acceptors (Lipinski definition) is 7. The quantitative estimate of drug-likeness (QED) is 0.389. The molecule has 166 valence electrons. The number of aryl methyl sites for hydroxylation is 1. The van der Waals surface area contributed by atoms with E-state index in [1.54, 1.807) is 23.3 Å². The van der Waals surface area contributed by atoms with Gasteiger partial charge in [0.05, 0.1) is 35.4 Å². The largest absolute Gasteiger partial charge is 0.365 e. The van der Waals surface area contributed by atoms with Gasteiger partial charge in [-0.3, -0.25) is 14.5 Å². The number of nitrogens with two attached hydrogens (primary N) is 2. The Kier molecular flexibility index (Phi) is 7.01. The van der Waals surface area contributed by atoms with Gasteiger partial charge in [-0.25, -0.2) is 9.37 Å². The molecule has 0 unspecified atom stereocenters. The van der Waals surface area contributed by atoms with Crippen LogP contribution in [0.1, 0.15) is 50.4 Å². The lowest BCUT2D eigenvalue weighted by atomic mass is 10.0. The monoisotopic (exact) mass is 428 g/mol. The van der Waals surface area contributed by atoms with E-state index in [9.17, 15) is 9.18 Å². The van der Waals surface area contributed by atoms with E-state index in [1.165, 1.54) is 0 Å². The molecule has 9 nitrogen and oxygen atoms in total. The first-order valence-corrected chi connectivity index (χ1v) is 10.4. The van der Waals surface area contributed by atoms with Gasteiger partial charge in [-0.2, -0.15) is 5.10 Å². The minimum atomic E-state index is -0.792. The van der Waals surface area contributed by atoms with Crippen molar-refractivity contribution in [3.05, 3.63) is 36.0 Å². The molecule has 3 aromatic heterocycles. The van der Waals surface area contributed by atoms with Gasteiger partial charge in [-0.15, -0.1) is 0 Å². The maximum Gasteiger partial charge on any atom is 0.252 e. The Morgan fingerprint density at radius 3 is 2.68 bits per heavy atom. The predicted molar refractivity (Wildman–Crippen MR) is 120 cm³/mol. The molecule has 0 aliphatic rings.